The number of allylic oxidation sites excluding steroid dienone is 2. The van der Waals surface area contributed by atoms with Crippen molar-refractivity contribution in [2.45, 2.75) is 64.4 Å². The summed E-state index contributed by atoms with van der Waals surface area (Å²) in [7, 11) is 0. The maximum atomic E-state index is 13.0. The highest BCUT2D eigenvalue weighted by atomic mass is 16.5. The van der Waals surface area contributed by atoms with Gasteiger partial charge in [0.15, 0.2) is 11.6 Å². The van der Waals surface area contributed by atoms with E-state index in [0.717, 1.165) is 76.1 Å². The van der Waals surface area contributed by atoms with Gasteiger partial charge in [-0.3, -0.25) is 4.98 Å². The quantitative estimate of drug-likeness (QED) is 0.252. The van der Waals surface area contributed by atoms with E-state index < -0.39 is 5.41 Å². The second-order valence-corrected chi connectivity index (χ2v) is 12.0. The number of ketones is 1. The van der Waals surface area contributed by atoms with Crippen LogP contribution in [-0.4, -0.2) is 26.8 Å². The van der Waals surface area contributed by atoms with Crippen molar-refractivity contribution in [2.75, 3.05) is 0 Å². The smallest absolute Gasteiger partial charge is 0.226 e. The van der Waals surface area contributed by atoms with Gasteiger partial charge in [-0.25, -0.2) is 14.8 Å². The molecule has 0 radical (unpaired) electrons. The lowest BCUT2D eigenvalue weighted by Crippen LogP contribution is -2.46. The van der Waals surface area contributed by atoms with Gasteiger partial charge in [0.1, 0.15) is 5.75 Å². The zero-order chi connectivity index (χ0) is 28.3. The van der Waals surface area contributed by atoms with E-state index in [-0.39, 0.29) is 23.3 Å². The van der Waals surface area contributed by atoms with Gasteiger partial charge in [0.25, 0.3) is 0 Å². The summed E-state index contributed by atoms with van der Waals surface area (Å²) < 4.78 is 6.13. The fraction of sp³-hybridized carbons (Fsp3) is 0.343. The van der Waals surface area contributed by atoms with Crippen molar-refractivity contribution in [3.63, 3.8) is 0 Å². The molecule has 2 aromatic heterocycles. The molecule has 1 fully saturated rings. The van der Waals surface area contributed by atoms with Crippen LogP contribution >= 0.6 is 0 Å². The van der Waals surface area contributed by atoms with Crippen LogP contribution in [0.5, 0.6) is 5.75 Å². The molecule has 1 saturated carbocycles. The summed E-state index contributed by atoms with van der Waals surface area (Å²) in [5.41, 5.74) is 6.32. The van der Waals surface area contributed by atoms with Gasteiger partial charge in [-0.15, -0.1) is 0 Å². The Bertz CT molecular complexity index is 1780. The van der Waals surface area contributed by atoms with Crippen molar-refractivity contribution < 1.29 is 9.53 Å². The fourth-order valence-corrected chi connectivity index (χ4v) is 6.97. The van der Waals surface area contributed by atoms with E-state index >= 15 is 0 Å². The summed E-state index contributed by atoms with van der Waals surface area (Å²) >= 11 is 0. The molecule has 3 aliphatic rings. The summed E-state index contributed by atoms with van der Waals surface area (Å²) in [4.78, 5) is 32.0. The Balaban J connectivity index is 1.46. The second-order valence-electron chi connectivity index (χ2n) is 12.0. The lowest BCUT2D eigenvalue weighted by molar-refractivity contribution is -0.121. The summed E-state index contributed by atoms with van der Waals surface area (Å²) in [5.74, 6) is 1.29. The minimum absolute atomic E-state index is 0.0572. The molecule has 6 nitrogen and oxygen atoms in total. The first kappa shape index (κ1) is 25.6. The lowest BCUT2D eigenvalue weighted by Gasteiger charge is -2.46. The number of aromatic nitrogens is 3. The van der Waals surface area contributed by atoms with Crippen LogP contribution in [0.25, 0.3) is 38.4 Å². The van der Waals surface area contributed by atoms with E-state index in [0.29, 0.717) is 11.9 Å². The molecule has 6 heteroatoms. The lowest BCUT2D eigenvalue weighted by atomic mass is 9.58. The topological polar surface area (TPSA) is 69.3 Å². The predicted molar refractivity (Wildman–Crippen MR) is 159 cm³/mol. The highest BCUT2D eigenvalue weighted by Gasteiger charge is 2.49. The van der Waals surface area contributed by atoms with Crippen molar-refractivity contribution in [1.29, 1.82) is 0 Å². The van der Waals surface area contributed by atoms with Crippen molar-refractivity contribution >= 4 is 16.7 Å². The first-order valence-corrected chi connectivity index (χ1v) is 14.6. The SMILES string of the molecule is [C-]#[N+]C1=C[C@@]2(C)c3nc(-c4cc(C)nc5ccccc45)nc(-c4ccc(OC5CCC5)cc4)c3CC[C@@H]2[C@@H](C)C1=O. The molecule has 4 aromatic rings. The molecule has 0 N–H and O–H groups in total. The Morgan fingerprint density at radius 3 is 2.54 bits per heavy atom. The highest BCUT2D eigenvalue weighted by Crippen LogP contribution is 2.51. The molecule has 0 spiro atoms. The molecular weight excluding hydrogens is 508 g/mol. The Morgan fingerprint density at radius 1 is 1.02 bits per heavy atom. The number of fused-ring (bicyclic) bond motifs is 4. The van der Waals surface area contributed by atoms with Crippen molar-refractivity contribution in [1.82, 2.24) is 15.0 Å². The van der Waals surface area contributed by atoms with Gasteiger partial charge in [0, 0.05) is 39.1 Å². The van der Waals surface area contributed by atoms with E-state index in [1.54, 1.807) is 0 Å². The monoisotopic (exact) mass is 540 g/mol. The van der Waals surface area contributed by atoms with E-state index in [4.69, 9.17) is 26.3 Å². The predicted octanol–water partition coefficient (Wildman–Crippen LogP) is 7.44. The van der Waals surface area contributed by atoms with Crippen LogP contribution in [0.15, 0.2) is 66.4 Å². The molecular formula is C35H32N4O2. The molecule has 0 saturated heterocycles. The molecule has 2 heterocycles. The molecule has 0 bridgehead atoms. The number of aryl methyl sites for hydroxylation is 1. The number of benzene rings is 2. The maximum Gasteiger partial charge on any atom is 0.226 e. The normalized spacial score (nSPS) is 23.7. The van der Waals surface area contributed by atoms with Crippen LogP contribution in [0.3, 0.4) is 0 Å². The maximum absolute atomic E-state index is 13.0. The second kappa shape index (κ2) is 9.62. The third-order valence-electron chi connectivity index (χ3n) is 9.39. The van der Waals surface area contributed by atoms with Crippen molar-refractivity contribution in [2.24, 2.45) is 11.8 Å². The van der Waals surface area contributed by atoms with Gasteiger partial charge in [-0.1, -0.05) is 38.1 Å². The summed E-state index contributed by atoms with van der Waals surface area (Å²) in [6.07, 6.45) is 7.29. The van der Waals surface area contributed by atoms with E-state index in [9.17, 15) is 4.79 Å². The first-order valence-electron chi connectivity index (χ1n) is 14.6. The number of carbonyl (C=O) groups excluding carboxylic acids is 1. The first-order chi connectivity index (χ1) is 19.9. The minimum Gasteiger partial charge on any atom is -0.490 e. The van der Waals surface area contributed by atoms with Crippen LogP contribution in [0.2, 0.25) is 0 Å². The molecule has 204 valence electrons. The van der Waals surface area contributed by atoms with Crippen molar-refractivity contribution in [3.05, 3.63) is 94.7 Å². The number of hydrogen-bond donors (Lipinski definition) is 0. The van der Waals surface area contributed by atoms with Crippen molar-refractivity contribution in [3.8, 4) is 28.4 Å². The number of Topliss-reactive ketones (excluding diaryl/α,β-unsaturated/α-hetero) is 1. The average Bonchev–Trinajstić information content (AvgIpc) is 2.96. The standard InChI is InChI=1S/C35H32N4O2/c1-20-18-27(25-10-5-6-11-29(25)37-20)34-38-31(22-12-14-24(15-13-22)41-23-8-7-9-23)26-16-17-28-21(2)32(40)30(36-4)19-35(28,3)33(26)39-34/h5-6,10-15,18-19,21,23,28H,7-9,16-17H2,1-3H3/t21-,28-,35-/m1/s1. The number of carbonyl (C=O) groups is 1. The van der Waals surface area contributed by atoms with E-state index in [1.807, 2.05) is 50.3 Å². The van der Waals surface area contributed by atoms with Crippen LogP contribution < -0.4 is 4.74 Å². The number of hydrogen-bond acceptors (Lipinski definition) is 5. The third-order valence-corrected chi connectivity index (χ3v) is 9.39. The van der Waals surface area contributed by atoms with E-state index in [2.05, 4.69) is 36.0 Å². The summed E-state index contributed by atoms with van der Waals surface area (Å²) in [6.45, 7) is 13.8. The average molecular weight is 541 g/mol. The van der Waals surface area contributed by atoms with Crippen LogP contribution in [0.4, 0.5) is 0 Å². The zero-order valence-electron chi connectivity index (χ0n) is 23.6. The van der Waals surface area contributed by atoms with Crippen LogP contribution in [0, 0.1) is 25.3 Å². The molecule has 41 heavy (non-hydrogen) atoms. The van der Waals surface area contributed by atoms with Gasteiger partial charge < -0.3 is 9.53 Å². The summed E-state index contributed by atoms with van der Waals surface area (Å²) in [6, 6.07) is 18.4. The summed E-state index contributed by atoms with van der Waals surface area (Å²) in [5, 5.41) is 0.996. The Labute approximate surface area is 240 Å². The van der Waals surface area contributed by atoms with Gasteiger partial charge >= 0.3 is 0 Å². The number of nitrogens with zero attached hydrogens (tertiary/aromatic N) is 4. The number of pyridine rings is 1. The Kier molecular flexibility index (Phi) is 6.01. The number of para-hydroxylation sites is 1. The molecule has 7 rings (SSSR count). The van der Waals surface area contributed by atoms with Crippen LogP contribution in [0.1, 0.15) is 56.5 Å². The third kappa shape index (κ3) is 4.14. The van der Waals surface area contributed by atoms with Gasteiger partial charge in [-0.05, 0) is 81.3 Å². The molecule has 0 aliphatic heterocycles. The Morgan fingerprint density at radius 2 is 1.80 bits per heavy atom. The van der Waals surface area contributed by atoms with Gasteiger partial charge in [0.05, 0.1) is 29.6 Å². The van der Waals surface area contributed by atoms with E-state index in [1.165, 1.54) is 6.42 Å². The molecule has 2 aromatic carbocycles. The minimum atomic E-state index is -0.557. The van der Waals surface area contributed by atoms with Gasteiger partial charge in [-0.2, -0.15) is 0 Å². The fourth-order valence-electron chi connectivity index (χ4n) is 6.97. The molecule has 3 atom stereocenters. The highest BCUT2D eigenvalue weighted by molar-refractivity contribution is 6.00. The van der Waals surface area contributed by atoms with Gasteiger partial charge in [0.2, 0.25) is 5.70 Å². The molecule has 0 unspecified atom stereocenters. The Hall–Kier alpha value is -4.37. The molecule has 0 amide bonds. The number of ether oxygens (including phenoxy) is 1. The largest absolute Gasteiger partial charge is 0.490 e. The molecule has 3 aliphatic carbocycles. The number of rotatable bonds is 4. The van der Waals surface area contributed by atoms with Crippen LogP contribution in [-0.2, 0) is 16.6 Å². The zero-order valence-corrected chi connectivity index (χ0v) is 23.6.